The van der Waals surface area contributed by atoms with Crippen LogP contribution in [0.25, 0.3) is 20.8 Å². The summed E-state index contributed by atoms with van der Waals surface area (Å²) in [5, 5.41) is 16.3. The van der Waals surface area contributed by atoms with Gasteiger partial charge in [-0.15, -0.1) is 11.3 Å². The van der Waals surface area contributed by atoms with Crippen LogP contribution < -0.4 is 10.6 Å². The number of phenolic OH excluding ortho intramolecular Hbond substituents is 1. The molecule has 176 valence electrons. The van der Waals surface area contributed by atoms with Crippen molar-refractivity contribution in [1.82, 2.24) is 19.9 Å². The number of hydrogen-bond acceptors (Lipinski definition) is 10. The maximum absolute atomic E-state index is 11.4. The molecule has 0 amide bonds. The van der Waals surface area contributed by atoms with Crippen LogP contribution in [0.3, 0.4) is 0 Å². The molecular formula is C22H15ClN6O4S2. The molecule has 3 aromatic carbocycles. The van der Waals surface area contributed by atoms with Gasteiger partial charge in [-0.3, -0.25) is 4.55 Å². The second kappa shape index (κ2) is 9.07. The van der Waals surface area contributed by atoms with E-state index in [-0.39, 0.29) is 27.8 Å². The smallest absolute Gasteiger partial charge is 0.294 e. The van der Waals surface area contributed by atoms with Crippen molar-refractivity contribution >= 4 is 66.5 Å². The number of thiazole rings is 1. The second-order valence-corrected chi connectivity index (χ2v) is 10.0. The standard InChI is InChI=1S/C22H15ClN6O4S2/c23-20-27-21(29-22(28-20)25-14-2-1-3-16(10-14)35(31,32)33)24-13-6-4-12(5-7-13)19-26-17-9-8-15(30)11-18(17)34-19/h1-11,30H,(H,31,32,33)(H2,24,25,27,28,29). The third-order valence-electron chi connectivity index (χ3n) is 4.76. The summed E-state index contributed by atoms with van der Waals surface area (Å²) in [4.78, 5) is 16.6. The topological polar surface area (TPSA) is 150 Å². The zero-order valence-electron chi connectivity index (χ0n) is 17.5. The molecule has 35 heavy (non-hydrogen) atoms. The number of aromatic nitrogens is 4. The minimum Gasteiger partial charge on any atom is -0.508 e. The van der Waals surface area contributed by atoms with Crippen molar-refractivity contribution in [3.05, 3.63) is 72.0 Å². The van der Waals surface area contributed by atoms with Crippen molar-refractivity contribution in [3.63, 3.8) is 0 Å². The van der Waals surface area contributed by atoms with Crippen molar-refractivity contribution in [2.45, 2.75) is 4.90 Å². The molecule has 0 bridgehead atoms. The molecule has 0 saturated carbocycles. The zero-order chi connectivity index (χ0) is 24.6. The molecule has 4 N–H and O–H groups in total. The van der Waals surface area contributed by atoms with Gasteiger partial charge in [-0.1, -0.05) is 6.07 Å². The highest BCUT2D eigenvalue weighted by Gasteiger charge is 2.12. The number of nitrogens with zero attached hydrogens (tertiary/aromatic N) is 4. The molecule has 0 aliphatic heterocycles. The van der Waals surface area contributed by atoms with E-state index in [2.05, 4.69) is 30.6 Å². The lowest BCUT2D eigenvalue weighted by Crippen LogP contribution is -2.05. The summed E-state index contributed by atoms with van der Waals surface area (Å²) in [6.07, 6.45) is 0. The average molecular weight is 527 g/mol. The first-order valence-corrected chi connectivity index (χ1v) is 12.6. The number of nitrogens with one attached hydrogen (secondary N) is 2. The van der Waals surface area contributed by atoms with Crippen LogP contribution in [-0.2, 0) is 10.1 Å². The van der Waals surface area contributed by atoms with Crippen LogP contribution >= 0.6 is 22.9 Å². The Morgan fingerprint density at radius 1 is 0.829 bits per heavy atom. The van der Waals surface area contributed by atoms with E-state index in [0.29, 0.717) is 11.4 Å². The lowest BCUT2D eigenvalue weighted by molar-refractivity contribution is 0.476. The van der Waals surface area contributed by atoms with E-state index in [1.807, 2.05) is 24.3 Å². The molecule has 13 heteroatoms. The summed E-state index contributed by atoms with van der Waals surface area (Å²) >= 11 is 7.52. The molecule has 2 aromatic heterocycles. The van der Waals surface area contributed by atoms with E-state index in [1.54, 1.807) is 24.3 Å². The Morgan fingerprint density at radius 3 is 2.26 bits per heavy atom. The van der Waals surface area contributed by atoms with Gasteiger partial charge in [0.05, 0.1) is 15.1 Å². The lowest BCUT2D eigenvalue weighted by atomic mass is 10.2. The number of anilines is 4. The van der Waals surface area contributed by atoms with Gasteiger partial charge in [0.1, 0.15) is 10.8 Å². The number of hydrogen-bond donors (Lipinski definition) is 4. The minimum absolute atomic E-state index is 0.0781. The first-order chi connectivity index (χ1) is 16.7. The van der Waals surface area contributed by atoms with Crippen LogP contribution in [0.5, 0.6) is 5.75 Å². The molecule has 5 rings (SSSR count). The third kappa shape index (κ3) is 5.30. The molecule has 0 fully saturated rings. The molecular weight excluding hydrogens is 512 g/mol. The van der Waals surface area contributed by atoms with E-state index in [0.717, 1.165) is 20.8 Å². The monoisotopic (exact) mass is 526 g/mol. The Hall–Kier alpha value is -3.84. The first-order valence-electron chi connectivity index (χ1n) is 9.96. The maximum atomic E-state index is 11.4. The molecule has 0 aliphatic rings. The largest absolute Gasteiger partial charge is 0.508 e. The van der Waals surface area contributed by atoms with Crippen LogP contribution in [0.4, 0.5) is 23.3 Å². The predicted molar refractivity (Wildman–Crippen MR) is 134 cm³/mol. The zero-order valence-corrected chi connectivity index (χ0v) is 19.9. The molecule has 0 radical (unpaired) electrons. The number of aromatic hydroxyl groups is 1. The fourth-order valence-electron chi connectivity index (χ4n) is 3.19. The van der Waals surface area contributed by atoms with Gasteiger partial charge in [-0.05, 0) is 72.3 Å². The van der Waals surface area contributed by atoms with Crippen molar-refractivity contribution in [2.24, 2.45) is 0 Å². The highest BCUT2D eigenvalue weighted by molar-refractivity contribution is 7.85. The molecule has 0 saturated heterocycles. The van der Waals surface area contributed by atoms with E-state index in [4.69, 9.17) is 11.6 Å². The van der Waals surface area contributed by atoms with Crippen LogP contribution in [0.2, 0.25) is 5.28 Å². The van der Waals surface area contributed by atoms with Gasteiger partial charge in [0.2, 0.25) is 17.2 Å². The van der Waals surface area contributed by atoms with Gasteiger partial charge < -0.3 is 15.7 Å². The maximum Gasteiger partial charge on any atom is 0.294 e. The quantitative estimate of drug-likeness (QED) is 0.216. The van der Waals surface area contributed by atoms with Crippen LogP contribution in [0.1, 0.15) is 0 Å². The summed E-state index contributed by atoms with van der Waals surface area (Å²) in [5.74, 6) is 0.444. The van der Waals surface area contributed by atoms with Gasteiger partial charge in [0.25, 0.3) is 10.1 Å². The highest BCUT2D eigenvalue weighted by Crippen LogP contribution is 2.32. The molecule has 0 unspecified atom stereocenters. The summed E-state index contributed by atoms with van der Waals surface area (Å²) in [6, 6.07) is 18.1. The SMILES string of the molecule is O=S(=O)(O)c1cccc(Nc2nc(Cl)nc(Nc3ccc(-c4nc5ccc(O)cc5s4)cc3)n2)c1. The molecule has 5 aromatic rings. The molecule has 0 aliphatic carbocycles. The summed E-state index contributed by atoms with van der Waals surface area (Å²) in [5.41, 5.74) is 2.74. The van der Waals surface area contributed by atoms with Gasteiger partial charge in [-0.25, -0.2) is 4.98 Å². The molecule has 10 nitrogen and oxygen atoms in total. The Bertz CT molecular complexity index is 1660. The van der Waals surface area contributed by atoms with Gasteiger partial charge in [0, 0.05) is 16.9 Å². The first kappa shape index (κ1) is 22.9. The molecule has 2 heterocycles. The summed E-state index contributed by atoms with van der Waals surface area (Å²) in [6.45, 7) is 0. The fourth-order valence-corrected chi connectivity index (χ4v) is 4.88. The fraction of sp³-hybridized carbons (Fsp3) is 0. The van der Waals surface area contributed by atoms with Crippen molar-refractivity contribution < 1.29 is 18.1 Å². The van der Waals surface area contributed by atoms with E-state index in [9.17, 15) is 18.1 Å². The average Bonchev–Trinajstić information content (AvgIpc) is 3.22. The molecule has 0 spiro atoms. The molecule has 0 atom stereocenters. The van der Waals surface area contributed by atoms with Gasteiger partial charge >= 0.3 is 0 Å². The van der Waals surface area contributed by atoms with Crippen molar-refractivity contribution in [2.75, 3.05) is 10.6 Å². The Balaban J connectivity index is 1.35. The number of rotatable bonds is 6. The van der Waals surface area contributed by atoms with E-state index in [1.165, 1.54) is 29.5 Å². The minimum atomic E-state index is -4.35. The van der Waals surface area contributed by atoms with Crippen LogP contribution in [-0.4, -0.2) is 38.0 Å². The Kier molecular flexibility index (Phi) is 5.94. The summed E-state index contributed by atoms with van der Waals surface area (Å²) < 4.78 is 32.9. The van der Waals surface area contributed by atoms with E-state index < -0.39 is 10.1 Å². The predicted octanol–water partition coefficient (Wildman–Crippen LogP) is 5.24. The number of benzene rings is 3. The Labute approximate surface area is 208 Å². The number of phenols is 1. The van der Waals surface area contributed by atoms with Crippen LogP contribution in [0.15, 0.2) is 71.6 Å². The summed E-state index contributed by atoms with van der Waals surface area (Å²) in [7, 11) is -4.35. The second-order valence-electron chi connectivity index (χ2n) is 7.25. The number of halogens is 1. The third-order valence-corrected chi connectivity index (χ3v) is 6.84. The highest BCUT2D eigenvalue weighted by atomic mass is 35.5. The lowest BCUT2D eigenvalue weighted by Gasteiger charge is -2.09. The van der Waals surface area contributed by atoms with Gasteiger partial charge in [0.15, 0.2) is 0 Å². The van der Waals surface area contributed by atoms with E-state index >= 15 is 0 Å². The number of fused-ring (bicyclic) bond motifs is 1. The van der Waals surface area contributed by atoms with Crippen molar-refractivity contribution in [3.8, 4) is 16.3 Å². The van der Waals surface area contributed by atoms with Crippen LogP contribution in [0, 0.1) is 0 Å². The Morgan fingerprint density at radius 2 is 1.54 bits per heavy atom. The van der Waals surface area contributed by atoms with Crippen molar-refractivity contribution in [1.29, 1.82) is 0 Å². The van der Waals surface area contributed by atoms with Gasteiger partial charge in [-0.2, -0.15) is 23.4 Å². The normalized spacial score (nSPS) is 11.5.